The number of aliphatic hydroxyl groups excluding tert-OH is 2. The lowest BCUT2D eigenvalue weighted by Crippen LogP contribution is -2.62. The van der Waals surface area contributed by atoms with Gasteiger partial charge in [-0.15, -0.1) is 0 Å². The number of aliphatic hydroxyl groups is 2. The minimum Gasteiger partial charge on any atom is -0.456 e. The number of Topliss-reactive ketones (excluding diaryl/α,β-unsaturated/α-hetero) is 1. The monoisotopic (exact) mass is 722 g/mol. The number of cyclic esters (lactones) is 1. The fourth-order valence-electron chi connectivity index (χ4n) is 6.19. The first-order chi connectivity index (χ1) is 24.7. The molecule has 1 fully saturated rings. The number of hydrogen-bond acceptors (Lipinski definition) is 10. The normalized spacial score (nSPS) is 30.2. The van der Waals surface area contributed by atoms with Crippen molar-refractivity contribution in [3.05, 3.63) is 71.8 Å². The Hall–Kier alpha value is -4.46. The lowest BCUT2D eigenvalue weighted by Gasteiger charge is -2.36. The highest BCUT2D eigenvalue weighted by Gasteiger charge is 2.38. The molecule has 0 saturated carbocycles. The topological polar surface area (TPSA) is 191 Å². The van der Waals surface area contributed by atoms with Crippen molar-refractivity contribution >= 4 is 35.8 Å². The van der Waals surface area contributed by atoms with Crippen molar-refractivity contribution in [3.63, 3.8) is 0 Å². The van der Waals surface area contributed by atoms with Crippen LogP contribution in [0.3, 0.4) is 0 Å². The SMILES string of the molecule is CC(=O)CC[C@H]1C(=O)NC(C(C)C)C(=O)NC(Cc2ccccc2)C(=O)N2CCCC(N2)C(=O)O[C@H](/C(C)=C/C=O)C/C=C/C=C/[C@H](O)C(C)C1O. The van der Waals surface area contributed by atoms with Crippen molar-refractivity contribution in [3.8, 4) is 0 Å². The Labute approximate surface area is 305 Å². The first kappa shape index (κ1) is 42.0. The van der Waals surface area contributed by atoms with Crippen molar-refractivity contribution in [1.82, 2.24) is 21.1 Å². The second kappa shape index (κ2) is 20.5. The van der Waals surface area contributed by atoms with E-state index < -0.39 is 77.9 Å². The Bertz CT molecular complexity index is 1490. The van der Waals surface area contributed by atoms with Gasteiger partial charge in [0.15, 0.2) is 0 Å². The Morgan fingerprint density at radius 2 is 1.75 bits per heavy atom. The van der Waals surface area contributed by atoms with Crippen LogP contribution in [0.25, 0.3) is 0 Å². The lowest BCUT2D eigenvalue weighted by atomic mass is 9.84. The molecule has 52 heavy (non-hydrogen) atoms. The van der Waals surface area contributed by atoms with E-state index in [1.54, 1.807) is 45.9 Å². The minimum absolute atomic E-state index is 0.00370. The number of ketones is 1. The van der Waals surface area contributed by atoms with Gasteiger partial charge in [-0.1, -0.05) is 75.4 Å². The third-order valence-corrected chi connectivity index (χ3v) is 9.52. The molecule has 1 aromatic carbocycles. The number of carbonyl (C=O) groups excluding carboxylic acids is 6. The van der Waals surface area contributed by atoms with Crippen LogP contribution in [0.4, 0.5) is 0 Å². The van der Waals surface area contributed by atoms with Gasteiger partial charge in [-0.3, -0.25) is 29.0 Å². The quantitative estimate of drug-likeness (QED) is 0.151. The van der Waals surface area contributed by atoms with E-state index in [1.807, 2.05) is 30.3 Å². The van der Waals surface area contributed by atoms with E-state index in [1.165, 1.54) is 24.1 Å². The van der Waals surface area contributed by atoms with Gasteiger partial charge in [0.2, 0.25) is 11.8 Å². The molecule has 2 aliphatic rings. The number of aldehydes is 1. The molecule has 13 nitrogen and oxygen atoms in total. The third-order valence-electron chi connectivity index (χ3n) is 9.52. The zero-order valence-electron chi connectivity index (χ0n) is 30.7. The molecule has 2 aliphatic heterocycles. The number of rotatable bonds is 8. The van der Waals surface area contributed by atoms with Crippen LogP contribution < -0.4 is 16.1 Å². The standard InChI is InChI=1S/C39H54N4O9/c1-24(2)34-37(49)40-31(23-28-13-8-6-9-14-28)38(50)43-21-12-15-30(42-43)39(51)52-33(25(3)20-22-44)17-11-7-10-16-32(46)27(5)35(47)29(36(48)41-34)19-18-26(4)45/h6-11,13-14,16,20,22,24,27,29-35,42,46-47H,12,15,17-19,21,23H2,1-5H3,(H,40,49)(H,41,48)/b11-7+,16-10+,25-20+/t27?,29-,30?,31?,32+,33+,34?,35?/m1/s1. The summed E-state index contributed by atoms with van der Waals surface area (Å²) in [5.74, 6) is -5.02. The van der Waals surface area contributed by atoms with Crippen molar-refractivity contribution < 1.29 is 43.7 Å². The van der Waals surface area contributed by atoms with Crippen molar-refractivity contribution in [2.45, 2.75) is 110 Å². The zero-order chi connectivity index (χ0) is 38.4. The van der Waals surface area contributed by atoms with Crippen molar-refractivity contribution in [1.29, 1.82) is 0 Å². The van der Waals surface area contributed by atoms with E-state index in [9.17, 15) is 39.0 Å². The second-order valence-electron chi connectivity index (χ2n) is 14.0. The smallest absolute Gasteiger partial charge is 0.325 e. The van der Waals surface area contributed by atoms with Crippen molar-refractivity contribution in [2.24, 2.45) is 17.8 Å². The molecule has 0 radical (unpaired) electrons. The molecule has 1 aromatic rings. The van der Waals surface area contributed by atoms with Gasteiger partial charge >= 0.3 is 5.97 Å². The molecule has 5 N–H and O–H groups in total. The molecule has 0 aliphatic carbocycles. The second-order valence-corrected chi connectivity index (χ2v) is 14.0. The van der Waals surface area contributed by atoms with Gasteiger partial charge in [-0.05, 0) is 56.2 Å². The summed E-state index contributed by atoms with van der Waals surface area (Å²) in [5.41, 5.74) is 4.26. The maximum atomic E-state index is 14.1. The molecule has 284 valence electrons. The summed E-state index contributed by atoms with van der Waals surface area (Å²) in [5, 5.41) is 29.2. The summed E-state index contributed by atoms with van der Waals surface area (Å²) in [7, 11) is 0. The number of carbonyl (C=O) groups is 6. The molecule has 1 saturated heterocycles. The number of benzene rings is 1. The van der Waals surface area contributed by atoms with E-state index in [-0.39, 0.29) is 38.0 Å². The Morgan fingerprint density at radius 1 is 1.04 bits per heavy atom. The van der Waals surface area contributed by atoms with E-state index in [2.05, 4.69) is 16.1 Å². The summed E-state index contributed by atoms with van der Waals surface area (Å²) in [6.45, 7) is 8.34. The predicted molar refractivity (Wildman–Crippen MR) is 194 cm³/mol. The average molecular weight is 723 g/mol. The van der Waals surface area contributed by atoms with Gasteiger partial charge in [0.25, 0.3) is 5.91 Å². The number of amides is 3. The summed E-state index contributed by atoms with van der Waals surface area (Å²) < 4.78 is 5.83. The van der Waals surface area contributed by atoms with Crippen LogP contribution in [0, 0.1) is 17.8 Å². The van der Waals surface area contributed by atoms with Crippen LogP contribution in [-0.2, 0) is 39.9 Å². The number of ether oxygens (including phenoxy) is 1. The molecule has 8 atom stereocenters. The number of hydrazine groups is 1. The summed E-state index contributed by atoms with van der Waals surface area (Å²) in [6.07, 6.45) is 6.02. The Morgan fingerprint density at radius 3 is 2.40 bits per heavy atom. The van der Waals surface area contributed by atoms with E-state index in [0.717, 1.165) is 5.56 Å². The maximum absolute atomic E-state index is 14.1. The first-order valence-corrected chi connectivity index (χ1v) is 18.0. The molecule has 2 heterocycles. The molecule has 3 rings (SSSR count). The summed E-state index contributed by atoms with van der Waals surface area (Å²) >= 11 is 0. The summed E-state index contributed by atoms with van der Waals surface area (Å²) in [4.78, 5) is 78.5. The highest BCUT2D eigenvalue weighted by atomic mass is 16.5. The molecule has 3 amide bonds. The molecule has 0 spiro atoms. The molecular formula is C39H54N4O9. The van der Waals surface area contributed by atoms with Crippen LogP contribution in [-0.4, -0.2) is 94.0 Å². The number of nitrogens with zero attached hydrogens (tertiary/aromatic N) is 1. The number of allylic oxidation sites excluding steroid dienone is 3. The highest BCUT2D eigenvalue weighted by Crippen LogP contribution is 2.24. The van der Waals surface area contributed by atoms with Crippen LogP contribution in [0.2, 0.25) is 0 Å². The highest BCUT2D eigenvalue weighted by molar-refractivity contribution is 5.93. The van der Waals surface area contributed by atoms with Crippen LogP contribution >= 0.6 is 0 Å². The van der Waals surface area contributed by atoms with E-state index >= 15 is 0 Å². The summed E-state index contributed by atoms with van der Waals surface area (Å²) in [6, 6.07) is 6.01. The van der Waals surface area contributed by atoms with Gasteiger partial charge in [0.05, 0.1) is 18.1 Å². The van der Waals surface area contributed by atoms with Gasteiger partial charge in [-0.2, -0.15) is 0 Å². The number of nitrogens with one attached hydrogen (secondary N) is 3. The molecule has 5 unspecified atom stereocenters. The van der Waals surface area contributed by atoms with Gasteiger partial charge < -0.3 is 30.4 Å². The Balaban J connectivity index is 2.05. The number of hydrogen-bond donors (Lipinski definition) is 5. The largest absolute Gasteiger partial charge is 0.456 e. The number of esters is 1. The van der Waals surface area contributed by atoms with Gasteiger partial charge in [0.1, 0.15) is 36.3 Å². The first-order valence-electron chi connectivity index (χ1n) is 18.0. The van der Waals surface area contributed by atoms with Gasteiger partial charge in [0, 0.05) is 31.7 Å². The van der Waals surface area contributed by atoms with E-state index in [4.69, 9.17) is 4.74 Å². The predicted octanol–water partition coefficient (Wildman–Crippen LogP) is 2.27. The van der Waals surface area contributed by atoms with Gasteiger partial charge in [-0.25, -0.2) is 5.43 Å². The molecule has 2 bridgehead atoms. The minimum atomic E-state index is -1.39. The fraction of sp³-hybridized carbons (Fsp3) is 0.538. The lowest BCUT2D eigenvalue weighted by molar-refractivity contribution is -0.156. The molecule has 0 aromatic heterocycles. The zero-order valence-corrected chi connectivity index (χ0v) is 30.7. The van der Waals surface area contributed by atoms with E-state index in [0.29, 0.717) is 24.7 Å². The number of fused-ring (bicyclic) bond motifs is 2. The Kier molecular flexibility index (Phi) is 16.6. The van der Waals surface area contributed by atoms with Crippen LogP contribution in [0.5, 0.6) is 0 Å². The van der Waals surface area contributed by atoms with Crippen molar-refractivity contribution in [2.75, 3.05) is 6.54 Å². The van der Waals surface area contributed by atoms with Crippen LogP contribution in [0.1, 0.15) is 72.3 Å². The molecule has 13 heteroatoms. The maximum Gasteiger partial charge on any atom is 0.325 e. The van der Waals surface area contributed by atoms with Crippen LogP contribution in [0.15, 0.2) is 66.3 Å². The average Bonchev–Trinajstić information content (AvgIpc) is 3.11. The third kappa shape index (κ3) is 12.3. The molecular weight excluding hydrogens is 668 g/mol. The fourth-order valence-corrected chi connectivity index (χ4v) is 6.19.